The third-order valence-corrected chi connectivity index (χ3v) is 7.98. The molecule has 1 aliphatic carbocycles. The molecule has 0 radical (unpaired) electrons. The normalized spacial score (nSPS) is 22.4. The molecular formula is C24H20F3N3O5S. The first kappa shape index (κ1) is 24.0. The number of carboxylic acid groups (broad SMARTS) is 1. The van der Waals surface area contributed by atoms with Gasteiger partial charge < -0.3 is 9.67 Å². The van der Waals surface area contributed by atoms with Gasteiger partial charge in [-0.25, -0.2) is 4.79 Å². The van der Waals surface area contributed by atoms with Crippen molar-refractivity contribution in [3.05, 3.63) is 62.8 Å². The summed E-state index contributed by atoms with van der Waals surface area (Å²) in [7, 11) is 1.60. The maximum atomic E-state index is 13.8. The molecule has 2 aliphatic rings. The maximum Gasteiger partial charge on any atom is 0.416 e. The highest BCUT2D eigenvalue weighted by Gasteiger charge is 2.52. The van der Waals surface area contributed by atoms with E-state index in [1.165, 1.54) is 28.5 Å². The molecule has 2 aromatic carbocycles. The number of carbonyl (C=O) groups excluding carboxylic acids is 2. The van der Waals surface area contributed by atoms with Crippen molar-refractivity contribution in [1.29, 1.82) is 0 Å². The van der Waals surface area contributed by atoms with Crippen molar-refractivity contribution in [2.75, 3.05) is 4.90 Å². The van der Waals surface area contributed by atoms with Crippen molar-refractivity contribution in [3.8, 4) is 0 Å². The van der Waals surface area contributed by atoms with Gasteiger partial charge in [0.2, 0.25) is 5.91 Å². The lowest BCUT2D eigenvalue weighted by molar-refractivity contribution is -0.152. The fourth-order valence-corrected chi connectivity index (χ4v) is 6.19. The van der Waals surface area contributed by atoms with E-state index in [9.17, 15) is 37.5 Å². The molecule has 2 heterocycles. The number of urea groups is 1. The quantitative estimate of drug-likeness (QED) is 0.524. The number of amides is 3. The Hall–Kier alpha value is -3.67. The van der Waals surface area contributed by atoms with E-state index < -0.39 is 47.6 Å². The number of aryl methyl sites for hydroxylation is 1. The Bertz CT molecular complexity index is 1490. The number of anilines is 1. The summed E-state index contributed by atoms with van der Waals surface area (Å²) >= 11 is 0.954. The summed E-state index contributed by atoms with van der Waals surface area (Å²) in [5.74, 6) is -4.03. The van der Waals surface area contributed by atoms with Crippen molar-refractivity contribution in [3.63, 3.8) is 0 Å². The molecule has 188 valence electrons. The lowest BCUT2D eigenvalue weighted by Gasteiger charge is -2.44. The Kier molecular flexibility index (Phi) is 5.47. The average Bonchev–Trinajstić information content (AvgIpc) is 3.33. The zero-order valence-electron chi connectivity index (χ0n) is 19.1. The van der Waals surface area contributed by atoms with Crippen molar-refractivity contribution in [2.24, 2.45) is 13.0 Å². The number of aromatic nitrogens is 1. The van der Waals surface area contributed by atoms with Crippen LogP contribution in [0, 0.1) is 5.92 Å². The highest BCUT2D eigenvalue weighted by atomic mass is 32.1. The Balaban J connectivity index is 1.62. The largest absolute Gasteiger partial charge is 0.481 e. The van der Waals surface area contributed by atoms with Crippen molar-refractivity contribution >= 4 is 45.1 Å². The van der Waals surface area contributed by atoms with Crippen LogP contribution in [0.5, 0.6) is 0 Å². The topological polar surface area (TPSA) is 99.9 Å². The number of rotatable bonds is 3. The summed E-state index contributed by atoms with van der Waals surface area (Å²) < 4.78 is 42.7. The van der Waals surface area contributed by atoms with Crippen molar-refractivity contribution in [1.82, 2.24) is 9.47 Å². The summed E-state index contributed by atoms with van der Waals surface area (Å²) in [6.07, 6.45) is -4.56. The number of alkyl halides is 3. The van der Waals surface area contributed by atoms with Crippen LogP contribution >= 0.6 is 11.3 Å². The van der Waals surface area contributed by atoms with Gasteiger partial charge >= 0.3 is 23.0 Å². The molecule has 1 saturated heterocycles. The molecule has 3 aromatic rings. The summed E-state index contributed by atoms with van der Waals surface area (Å²) in [5.41, 5.74) is 0.264. The minimum atomic E-state index is -4.60. The third kappa shape index (κ3) is 3.50. The smallest absolute Gasteiger partial charge is 0.416 e. The second-order valence-electron chi connectivity index (χ2n) is 8.92. The first-order chi connectivity index (χ1) is 16.9. The third-order valence-electron chi connectivity index (χ3n) is 6.98. The summed E-state index contributed by atoms with van der Waals surface area (Å²) in [4.78, 5) is 53.0. The molecule has 36 heavy (non-hydrogen) atoms. The van der Waals surface area contributed by atoms with Gasteiger partial charge in [-0.1, -0.05) is 23.5 Å². The van der Waals surface area contributed by atoms with E-state index >= 15 is 0 Å². The molecule has 8 nitrogen and oxygen atoms in total. The van der Waals surface area contributed by atoms with E-state index in [0.29, 0.717) is 10.2 Å². The fraction of sp³-hybridized carbons (Fsp3) is 0.333. The van der Waals surface area contributed by atoms with Gasteiger partial charge in [0.1, 0.15) is 0 Å². The highest BCUT2D eigenvalue weighted by molar-refractivity contribution is 7.16. The highest BCUT2D eigenvalue weighted by Crippen LogP contribution is 2.45. The second kappa shape index (κ2) is 8.19. The van der Waals surface area contributed by atoms with Crippen LogP contribution < -0.4 is 9.77 Å². The number of carboxylic acids is 1. The zero-order chi connectivity index (χ0) is 26.1. The Morgan fingerprint density at radius 1 is 1.11 bits per heavy atom. The Labute approximate surface area is 206 Å². The molecule has 3 atom stereocenters. The number of carbonyl (C=O) groups is 3. The lowest BCUT2D eigenvalue weighted by atomic mass is 9.92. The molecule has 12 heteroatoms. The monoisotopic (exact) mass is 519 g/mol. The van der Waals surface area contributed by atoms with Crippen molar-refractivity contribution < 1.29 is 32.7 Å². The number of benzene rings is 2. The number of imide groups is 1. The van der Waals surface area contributed by atoms with E-state index in [1.807, 2.05) is 0 Å². The standard InChI is InChI=1S/C24H20F3N3O5S/c1-11-19(21(32)33)20(31)30(16-9-7-13-14(16)4-3-5-15(13)24(25,26)27)22(34)29(11)12-6-8-17-18(10-12)36-23(35)28(17)2/h3-6,8,10-11,16,19H,7,9H2,1-2H3,(H,32,33)/t11?,16-,19?/m1/s1. The molecule has 3 amide bonds. The maximum absolute atomic E-state index is 13.8. The van der Waals surface area contributed by atoms with Crippen molar-refractivity contribution in [2.45, 2.75) is 38.0 Å². The van der Waals surface area contributed by atoms with Gasteiger partial charge in [0.15, 0.2) is 5.92 Å². The average molecular weight is 520 g/mol. The van der Waals surface area contributed by atoms with Gasteiger partial charge in [-0.15, -0.1) is 0 Å². The predicted molar refractivity (Wildman–Crippen MR) is 125 cm³/mol. The number of aliphatic carboxylic acids is 1. The van der Waals surface area contributed by atoms with E-state index in [4.69, 9.17) is 0 Å². The minimum Gasteiger partial charge on any atom is -0.481 e. The van der Waals surface area contributed by atoms with Crippen LogP contribution in [-0.4, -0.2) is 38.5 Å². The minimum absolute atomic E-state index is 0.00290. The Morgan fingerprint density at radius 3 is 2.50 bits per heavy atom. The van der Waals surface area contributed by atoms with Crippen LogP contribution in [0.15, 0.2) is 41.2 Å². The van der Waals surface area contributed by atoms with E-state index in [0.717, 1.165) is 22.3 Å². The first-order valence-corrected chi connectivity index (χ1v) is 11.9. The number of halogens is 3. The van der Waals surface area contributed by atoms with Crippen LogP contribution in [-0.2, 0) is 29.2 Å². The van der Waals surface area contributed by atoms with Crippen LogP contribution in [0.4, 0.5) is 23.7 Å². The van der Waals surface area contributed by atoms with Gasteiger partial charge in [0.25, 0.3) is 0 Å². The van der Waals surface area contributed by atoms with E-state index in [2.05, 4.69) is 0 Å². The van der Waals surface area contributed by atoms with Gasteiger partial charge in [0, 0.05) is 12.7 Å². The number of fused-ring (bicyclic) bond motifs is 2. The van der Waals surface area contributed by atoms with Gasteiger partial charge in [-0.2, -0.15) is 13.2 Å². The fourth-order valence-electron chi connectivity index (χ4n) is 5.27. The molecular weight excluding hydrogens is 499 g/mol. The van der Waals surface area contributed by atoms with Crippen LogP contribution in [0.1, 0.15) is 36.1 Å². The molecule has 5 rings (SSSR count). The molecule has 0 saturated carbocycles. The zero-order valence-corrected chi connectivity index (χ0v) is 19.9. The lowest BCUT2D eigenvalue weighted by Crippen LogP contribution is -2.63. The second-order valence-corrected chi connectivity index (χ2v) is 9.92. The van der Waals surface area contributed by atoms with Crippen LogP contribution in [0.3, 0.4) is 0 Å². The molecule has 1 aliphatic heterocycles. The number of thiazole rings is 1. The molecule has 0 spiro atoms. The van der Waals surface area contributed by atoms with E-state index in [1.54, 1.807) is 25.2 Å². The predicted octanol–water partition coefficient (Wildman–Crippen LogP) is 4.16. The van der Waals surface area contributed by atoms with Crippen LogP contribution in [0.2, 0.25) is 0 Å². The molecule has 2 unspecified atom stereocenters. The van der Waals surface area contributed by atoms with E-state index in [-0.39, 0.29) is 34.5 Å². The van der Waals surface area contributed by atoms with Crippen LogP contribution in [0.25, 0.3) is 10.2 Å². The van der Waals surface area contributed by atoms with Gasteiger partial charge in [0.05, 0.1) is 27.9 Å². The van der Waals surface area contributed by atoms with Gasteiger partial charge in [-0.3, -0.25) is 24.2 Å². The number of hydrogen-bond donors (Lipinski definition) is 1. The van der Waals surface area contributed by atoms with Gasteiger partial charge in [-0.05, 0) is 55.2 Å². The molecule has 1 N–H and O–H groups in total. The Morgan fingerprint density at radius 2 is 1.83 bits per heavy atom. The SMILES string of the molecule is CC1C(C(=O)O)C(=O)N([C@@H]2CCc3c2cccc3C(F)(F)F)C(=O)N1c1ccc2c(c1)sc(=O)n2C. The first-order valence-electron chi connectivity index (χ1n) is 11.1. The molecule has 0 bridgehead atoms. The summed E-state index contributed by atoms with van der Waals surface area (Å²) in [6, 6.07) is 5.45. The summed E-state index contributed by atoms with van der Waals surface area (Å²) in [5, 5.41) is 9.87. The summed E-state index contributed by atoms with van der Waals surface area (Å²) in [6.45, 7) is 1.44. The molecule has 1 aromatic heterocycles. The molecule has 1 fully saturated rings. The number of hydrogen-bond acceptors (Lipinski definition) is 5. The number of nitrogens with zero attached hydrogens (tertiary/aromatic N) is 3.